The molecule has 0 atom stereocenters. The summed E-state index contributed by atoms with van der Waals surface area (Å²) in [5.41, 5.74) is 3.33. The van der Waals surface area contributed by atoms with Crippen LogP contribution in [0.1, 0.15) is 60.3 Å². The lowest BCUT2D eigenvalue weighted by molar-refractivity contribution is -0.141. The molecule has 2 aromatic carbocycles. The van der Waals surface area contributed by atoms with Crippen molar-refractivity contribution >= 4 is 47.2 Å². The number of methoxy groups -OCH3 is 2. The van der Waals surface area contributed by atoms with Crippen molar-refractivity contribution in [2.45, 2.75) is 60.3 Å². The number of aromatic nitrogens is 2. The normalized spacial score (nSPS) is 13.9. The highest BCUT2D eigenvalue weighted by atomic mass is 19.2. The summed E-state index contributed by atoms with van der Waals surface area (Å²) < 4.78 is 42.3. The molecule has 0 bridgehead atoms. The van der Waals surface area contributed by atoms with Crippen LogP contribution in [0.2, 0.25) is 6.82 Å². The maximum absolute atomic E-state index is 15.5. The molecule has 3 heterocycles. The van der Waals surface area contributed by atoms with Gasteiger partial charge in [-0.2, -0.15) is 5.10 Å². The Morgan fingerprint density at radius 3 is 2.23 bits per heavy atom. The van der Waals surface area contributed by atoms with Crippen LogP contribution in [0.4, 0.5) is 14.5 Å². The van der Waals surface area contributed by atoms with Gasteiger partial charge in [0.15, 0.2) is 11.6 Å². The molecule has 5 rings (SSSR count). The van der Waals surface area contributed by atoms with Crippen molar-refractivity contribution in [1.29, 1.82) is 0 Å². The van der Waals surface area contributed by atoms with Crippen molar-refractivity contribution in [3.05, 3.63) is 76.7 Å². The molecule has 1 aromatic heterocycles. The second-order valence-corrected chi connectivity index (χ2v) is 12.6. The predicted molar refractivity (Wildman–Crippen MR) is 201 cm³/mol. The first kappa shape index (κ1) is 40.6. The van der Waals surface area contributed by atoms with E-state index < -0.39 is 24.3 Å². The Morgan fingerprint density at radius 1 is 0.906 bits per heavy atom. The van der Waals surface area contributed by atoms with Gasteiger partial charge < -0.3 is 24.6 Å². The molecule has 0 unspecified atom stereocenters. The van der Waals surface area contributed by atoms with Gasteiger partial charge >= 0.3 is 5.97 Å². The number of nitrogens with one attached hydrogen (secondary N) is 1. The van der Waals surface area contributed by atoms with Gasteiger partial charge in [0.25, 0.3) is 11.8 Å². The van der Waals surface area contributed by atoms with E-state index >= 15 is 8.78 Å². The Kier molecular flexibility index (Phi) is 14.2. The molecule has 0 radical (unpaired) electrons. The second kappa shape index (κ2) is 18.5. The van der Waals surface area contributed by atoms with E-state index in [0.29, 0.717) is 79.3 Å². The number of carbonyl (C=O) groups excluding carboxylic acids is 4. The van der Waals surface area contributed by atoms with Crippen molar-refractivity contribution in [1.82, 2.24) is 19.6 Å². The van der Waals surface area contributed by atoms with Gasteiger partial charge in [-0.3, -0.25) is 28.9 Å². The van der Waals surface area contributed by atoms with Gasteiger partial charge in [0.2, 0.25) is 12.6 Å². The molecule has 0 aliphatic carbocycles. The van der Waals surface area contributed by atoms with Crippen LogP contribution in [0, 0.1) is 25.5 Å². The minimum Gasteiger partial charge on any atom is -0.469 e. The van der Waals surface area contributed by atoms with Crippen molar-refractivity contribution in [3.8, 4) is 11.1 Å². The summed E-state index contributed by atoms with van der Waals surface area (Å²) in [6.07, 6.45) is 3.72. The van der Waals surface area contributed by atoms with Crippen LogP contribution in [-0.2, 0) is 30.4 Å². The number of hydrogen-bond acceptors (Lipinski definition) is 8. The number of halogens is 2. The zero-order valence-corrected chi connectivity index (χ0v) is 31.4. The Bertz CT molecular complexity index is 1900. The number of piperazine rings is 1. The number of nitrogens with zero attached hydrogens (tertiary/aromatic N) is 5. The third-order valence-corrected chi connectivity index (χ3v) is 9.38. The summed E-state index contributed by atoms with van der Waals surface area (Å²) in [7, 11) is 2.89. The number of benzene rings is 2. The SMILES string of the molecule is CC.COCCn1ncc(-c2ccc(C3=CN=C(C(=O)Nc4ccc(C(=O)N5CCN(C(=O)CCCC(=O)OC)CC5)c(C)c4)B3C)c(F)c2F)c1C. The number of rotatable bonds is 12. The van der Waals surface area contributed by atoms with E-state index in [0.717, 1.165) is 0 Å². The van der Waals surface area contributed by atoms with E-state index in [-0.39, 0.29) is 47.4 Å². The van der Waals surface area contributed by atoms with Crippen LogP contribution >= 0.6 is 0 Å². The summed E-state index contributed by atoms with van der Waals surface area (Å²) in [6.45, 7) is 11.1. The number of ether oxygens (including phenoxy) is 2. The average Bonchev–Trinajstić information content (AvgIpc) is 3.73. The Balaban J connectivity index is 0.00000308. The van der Waals surface area contributed by atoms with Crippen LogP contribution in [0.3, 0.4) is 0 Å². The Morgan fingerprint density at radius 2 is 1.57 bits per heavy atom. The van der Waals surface area contributed by atoms with Crippen molar-refractivity contribution in [3.63, 3.8) is 0 Å². The van der Waals surface area contributed by atoms with E-state index in [1.807, 2.05) is 13.8 Å². The fraction of sp³-hybridized carbons (Fsp3) is 0.421. The van der Waals surface area contributed by atoms with Crippen molar-refractivity contribution in [2.24, 2.45) is 4.99 Å². The van der Waals surface area contributed by atoms with Crippen LogP contribution in [-0.4, -0.2) is 103 Å². The first-order valence-corrected chi connectivity index (χ1v) is 17.8. The Hall–Kier alpha value is -5.18. The summed E-state index contributed by atoms with van der Waals surface area (Å²) >= 11 is 0. The van der Waals surface area contributed by atoms with Crippen LogP contribution in [0.15, 0.2) is 47.7 Å². The topological polar surface area (TPSA) is 135 Å². The third kappa shape index (κ3) is 9.26. The highest BCUT2D eigenvalue weighted by Crippen LogP contribution is 2.33. The number of anilines is 1. The van der Waals surface area contributed by atoms with Gasteiger partial charge in [-0.25, -0.2) is 8.78 Å². The number of aryl methyl sites for hydroxylation is 1. The molecule has 3 amide bonds. The lowest BCUT2D eigenvalue weighted by Gasteiger charge is -2.35. The molecular formula is C38H47BF2N6O6. The van der Waals surface area contributed by atoms with Crippen LogP contribution < -0.4 is 5.32 Å². The van der Waals surface area contributed by atoms with Crippen LogP contribution in [0.25, 0.3) is 16.6 Å². The quantitative estimate of drug-likeness (QED) is 0.195. The predicted octanol–water partition coefficient (Wildman–Crippen LogP) is 5.38. The highest BCUT2D eigenvalue weighted by Gasteiger charge is 2.33. The number of carbonyl (C=O) groups is 4. The molecule has 1 fully saturated rings. The standard InChI is InChI=1S/C36H41BF2N6O6.C2H6/c1-22-19-24(9-10-25(22)36(49)44-15-13-43(14-16-44)30(46)7-6-8-31(47)51-5)42-35(48)34-37(3)29(21-40-34)27-12-11-26(32(38)33(27)39)28-20-41-45(23(28)2)17-18-50-4;1-2/h9-12,19-21H,6-8,13-18H2,1-5H3,(H,42,48);1-2H3. The van der Waals surface area contributed by atoms with Gasteiger partial charge in [0.05, 0.1) is 32.1 Å². The van der Waals surface area contributed by atoms with Gasteiger partial charge in [-0.05, 0) is 49.5 Å². The molecule has 2 aliphatic rings. The van der Waals surface area contributed by atoms with Crippen LogP contribution in [0.5, 0.6) is 0 Å². The van der Waals surface area contributed by atoms with Gasteiger partial charge in [-0.1, -0.05) is 32.8 Å². The molecule has 282 valence electrons. The molecule has 1 saturated heterocycles. The fourth-order valence-electron chi connectivity index (χ4n) is 6.31. The maximum Gasteiger partial charge on any atom is 0.305 e. The average molecular weight is 733 g/mol. The molecule has 2 aliphatic heterocycles. The lowest BCUT2D eigenvalue weighted by Crippen LogP contribution is -2.50. The molecule has 0 spiro atoms. The largest absolute Gasteiger partial charge is 0.469 e. The molecule has 0 saturated carbocycles. The lowest BCUT2D eigenvalue weighted by atomic mass is 9.42. The van der Waals surface area contributed by atoms with E-state index in [9.17, 15) is 19.2 Å². The summed E-state index contributed by atoms with van der Waals surface area (Å²) in [4.78, 5) is 58.1. The van der Waals surface area contributed by atoms with E-state index in [2.05, 4.69) is 20.1 Å². The Labute approximate surface area is 309 Å². The zero-order chi connectivity index (χ0) is 38.8. The van der Waals surface area contributed by atoms with E-state index in [1.165, 1.54) is 31.6 Å². The van der Waals surface area contributed by atoms with Gasteiger partial charge in [0, 0.05) is 86.0 Å². The number of amides is 3. The highest BCUT2D eigenvalue weighted by molar-refractivity contribution is 7.12. The zero-order valence-electron chi connectivity index (χ0n) is 31.4. The minimum atomic E-state index is -1.04. The van der Waals surface area contributed by atoms with Crippen molar-refractivity contribution < 1.29 is 37.4 Å². The minimum absolute atomic E-state index is 0.0159. The first-order valence-electron chi connectivity index (χ1n) is 17.8. The molecule has 1 N–H and O–H groups in total. The maximum atomic E-state index is 15.5. The van der Waals surface area contributed by atoms with Crippen molar-refractivity contribution in [2.75, 3.05) is 52.3 Å². The molecule has 3 aromatic rings. The molecule has 53 heavy (non-hydrogen) atoms. The smallest absolute Gasteiger partial charge is 0.305 e. The third-order valence-electron chi connectivity index (χ3n) is 9.38. The summed E-state index contributed by atoms with van der Waals surface area (Å²) in [5, 5.41) is 7.08. The number of esters is 1. The summed E-state index contributed by atoms with van der Waals surface area (Å²) in [5.74, 6) is -3.15. The van der Waals surface area contributed by atoms with E-state index in [1.54, 1.807) is 60.5 Å². The molecule has 15 heteroatoms. The first-order chi connectivity index (χ1) is 25.4. The fourth-order valence-corrected chi connectivity index (χ4v) is 6.31. The molecule has 12 nitrogen and oxygen atoms in total. The second-order valence-electron chi connectivity index (χ2n) is 12.6. The number of aliphatic imine (C=N–C) groups is 1. The van der Waals surface area contributed by atoms with E-state index in [4.69, 9.17) is 4.74 Å². The van der Waals surface area contributed by atoms with Gasteiger partial charge in [0.1, 0.15) is 0 Å². The summed E-state index contributed by atoms with van der Waals surface area (Å²) in [6, 6.07) is 7.95. The monoisotopic (exact) mass is 732 g/mol. The number of hydrogen-bond donors (Lipinski definition) is 1. The molecular weight excluding hydrogens is 685 g/mol. The van der Waals surface area contributed by atoms with Gasteiger partial charge in [-0.15, -0.1) is 0 Å².